The fourth-order valence-electron chi connectivity index (χ4n) is 2.33. The molecule has 2 nitrogen and oxygen atoms in total. The minimum Gasteiger partial charge on any atom is -0.390 e. The van der Waals surface area contributed by atoms with Crippen molar-refractivity contribution in [3.8, 4) is 0 Å². The van der Waals surface area contributed by atoms with Gasteiger partial charge in [0.1, 0.15) is 5.82 Å². The predicted octanol–water partition coefficient (Wildman–Crippen LogP) is 3.34. The maximum Gasteiger partial charge on any atom is 0.127 e. The molecule has 1 heterocycles. The van der Waals surface area contributed by atoms with E-state index in [1.54, 1.807) is 12.1 Å². The van der Waals surface area contributed by atoms with E-state index >= 15 is 0 Å². The fraction of sp³-hybridized carbons (Fsp3) is 0.571. The number of hydrogen-bond acceptors (Lipinski definition) is 2. The van der Waals surface area contributed by atoms with Crippen molar-refractivity contribution in [2.45, 2.75) is 44.3 Å². The van der Waals surface area contributed by atoms with Gasteiger partial charge in [0.15, 0.2) is 0 Å². The van der Waals surface area contributed by atoms with Crippen LogP contribution in [0.5, 0.6) is 0 Å². The van der Waals surface area contributed by atoms with E-state index < -0.39 is 11.7 Å². The van der Waals surface area contributed by atoms with Gasteiger partial charge in [0.2, 0.25) is 0 Å². The summed E-state index contributed by atoms with van der Waals surface area (Å²) in [5.74, 6) is -0.374. The molecule has 1 aromatic carbocycles. The zero-order valence-electron chi connectivity index (χ0n) is 10.5. The van der Waals surface area contributed by atoms with Crippen LogP contribution in [0.1, 0.15) is 31.7 Å². The molecule has 1 fully saturated rings. The van der Waals surface area contributed by atoms with Crippen LogP contribution in [-0.2, 0) is 11.2 Å². The molecule has 0 spiro atoms. The summed E-state index contributed by atoms with van der Waals surface area (Å²) >= 11 is 5.70. The van der Waals surface area contributed by atoms with Gasteiger partial charge in [-0.15, -0.1) is 0 Å². The van der Waals surface area contributed by atoms with Crippen LogP contribution >= 0.6 is 11.6 Å². The van der Waals surface area contributed by atoms with E-state index in [0.717, 1.165) is 19.3 Å². The molecule has 1 N–H and O–H groups in total. The van der Waals surface area contributed by atoms with Crippen molar-refractivity contribution in [2.24, 2.45) is 0 Å². The Morgan fingerprint density at radius 1 is 1.50 bits per heavy atom. The Morgan fingerprint density at radius 3 is 2.89 bits per heavy atom. The van der Waals surface area contributed by atoms with Crippen molar-refractivity contribution in [3.05, 3.63) is 34.6 Å². The minimum atomic E-state index is -0.700. The van der Waals surface area contributed by atoms with Crippen LogP contribution in [0.2, 0.25) is 5.02 Å². The molecule has 100 valence electrons. The SMILES string of the molecule is CC1(C(O)Cc2ccc(Cl)cc2F)CCCCO1. The van der Waals surface area contributed by atoms with Crippen LogP contribution in [0.25, 0.3) is 0 Å². The summed E-state index contributed by atoms with van der Waals surface area (Å²) in [5.41, 5.74) is -0.0908. The molecule has 0 radical (unpaired) electrons. The van der Waals surface area contributed by atoms with Gasteiger partial charge in [-0.3, -0.25) is 0 Å². The highest BCUT2D eigenvalue weighted by molar-refractivity contribution is 6.30. The Balaban J connectivity index is 2.08. The number of hydrogen-bond donors (Lipinski definition) is 1. The lowest BCUT2D eigenvalue weighted by Gasteiger charge is -2.38. The lowest BCUT2D eigenvalue weighted by molar-refractivity contribution is -0.135. The molecule has 18 heavy (non-hydrogen) atoms. The Bertz CT molecular complexity index is 416. The van der Waals surface area contributed by atoms with Crippen LogP contribution in [0.3, 0.4) is 0 Å². The molecule has 1 aliphatic rings. The first-order valence-corrected chi connectivity index (χ1v) is 6.65. The van der Waals surface area contributed by atoms with Crippen LogP contribution in [0, 0.1) is 5.82 Å². The summed E-state index contributed by atoms with van der Waals surface area (Å²) in [4.78, 5) is 0. The van der Waals surface area contributed by atoms with E-state index in [1.807, 2.05) is 6.92 Å². The zero-order valence-corrected chi connectivity index (χ0v) is 11.2. The van der Waals surface area contributed by atoms with Crippen molar-refractivity contribution in [1.29, 1.82) is 0 Å². The van der Waals surface area contributed by atoms with E-state index in [-0.39, 0.29) is 12.2 Å². The second kappa shape index (κ2) is 5.55. The molecule has 1 saturated heterocycles. The lowest BCUT2D eigenvalue weighted by atomic mass is 9.87. The van der Waals surface area contributed by atoms with E-state index in [0.29, 0.717) is 17.2 Å². The third-order valence-electron chi connectivity index (χ3n) is 3.63. The summed E-state index contributed by atoms with van der Waals surface area (Å²) in [5, 5.41) is 10.6. The molecule has 2 unspecified atom stereocenters. The Morgan fingerprint density at radius 2 is 2.28 bits per heavy atom. The molecule has 2 rings (SSSR count). The Labute approximate surface area is 112 Å². The average molecular weight is 273 g/mol. The predicted molar refractivity (Wildman–Crippen MR) is 69.3 cm³/mol. The van der Waals surface area contributed by atoms with Gasteiger partial charge in [-0.2, -0.15) is 0 Å². The smallest absolute Gasteiger partial charge is 0.127 e. The summed E-state index contributed by atoms with van der Waals surface area (Å²) in [6, 6.07) is 4.53. The highest BCUT2D eigenvalue weighted by atomic mass is 35.5. The van der Waals surface area contributed by atoms with Gasteiger partial charge in [0.25, 0.3) is 0 Å². The first-order chi connectivity index (χ1) is 8.51. The second-order valence-electron chi connectivity index (χ2n) is 5.07. The summed E-state index contributed by atoms with van der Waals surface area (Å²) < 4.78 is 19.3. The van der Waals surface area contributed by atoms with Gasteiger partial charge in [-0.25, -0.2) is 4.39 Å². The zero-order chi connectivity index (χ0) is 13.2. The number of benzene rings is 1. The largest absolute Gasteiger partial charge is 0.390 e. The van der Waals surface area contributed by atoms with Gasteiger partial charge in [-0.1, -0.05) is 17.7 Å². The van der Waals surface area contributed by atoms with Crippen LogP contribution in [-0.4, -0.2) is 23.4 Å². The quantitative estimate of drug-likeness (QED) is 0.914. The first-order valence-electron chi connectivity index (χ1n) is 6.27. The topological polar surface area (TPSA) is 29.5 Å². The third-order valence-corrected chi connectivity index (χ3v) is 3.87. The molecule has 1 aromatic rings. The van der Waals surface area contributed by atoms with E-state index in [4.69, 9.17) is 16.3 Å². The van der Waals surface area contributed by atoms with E-state index in [1.165, 1.54) is 6.07 Å². The number of halogens is 2. The number of aliphatic hydroxyl groups excluding tert-OH is 1. The number of rotatable bonds is 3. The fourth-order valence-corrected chi connectivity index (χ4v) is 2.49. The molecular formula is C14H18ClFO2. The van der Waals surface area contributed by atoms with Gasteiger partial charge in [0, 0.05) is 18.1 Å². The van der Waals surface area contributed by atoms with Crippen molar-refractivity contribution in [3.63, 3.8) is 0 Å². The summed E-state index contributed by atoms with van der Waals surface area (Å²) in [6.45, 7) is 2.56. The van der Waals surface area contributed by atoms with Crippen LogP contribution in [0.15, 0.2) is 18.2 Å². The number of aliphatic hydroxyl groups is 1. The third kappa shape index (κ3) is 3.02. The first kappa shape index (κ1) is 13.8. The summed E-state index contributed by atoms with van der Waals surface area (Å²) in [6.07, 6.45) is 2.42. The standard InChI is InChI=1S/C14H18ClFO2/c1-14(6-2-3-7-18-14)13(17)8-10-4-5-11(15)9-12(10)16/h4-5,9,13,17H,2-3,6-8H2,1H3. The van der Waals surface area contributed by atoms with Crippen LogP contribution < -0.4 is 0 Å². The van der Waals surface area contributed by atoms with Crippen molar-refractivity contribution >= 4 is 11.6 Å². The minimum absolute atomic E-state index is 0.250. The van der Waals surface area contributed by atoms with Crippen molar-refractivity contribution in [2.75, 3.05) is 6.61 Å². The van der Waals surface area contributed by atoms with Crippen molar-refractivity contribution in [1.82, 2.24) is 0 Å². The second-order valence-corrected chi connectivity index (χ2v) is 5.51. The highest BCUT2D eigenvalue weighted by Crippen LogP contribution is 2.30. The average Bonchev–Trinajstić information content (AvgIpc) is 2.33. The van der Waals surface area contributed by atoms with E-state index in [9.17, 15) is 9.50 Å². The maximum atomic E-state index is 13.7. The number of ether oxygens (including phenoxy) is 1. The molecule has 2 atom stereocenters. The normalized spacial score (nSPS) is 26.0. The summed E-state index contributed by atoms with van der Waals surface area (Å²) in [7, 11) is 0. The molecule has 0 aromatic heterocycles. The molecule has 4 heteroatoms. The van der Waals surface area contributed by atoms with Crippen LogP contribution in [0.4, 0.5) is 4.39 Å². The lowest BCUT2D eigenvalue weighted by Crippen LogP contribution is -2.45. The molecule has 0 amide bonds. The van der Waals surface area contributed by atoms with Gasteiger partial charge in [0.05, 0.1) is 11.7 Å². The van der Waals surface area contributed by atoms with Gasteiger partial charge >= 0.3 is 0 Å². The Kier molecular flexibility index (Phi) is 4.25. The van der Waals surface area contributed by atoms with Crippen molar-refractivity contribution < 1.29 is 14.2 Å². The molecule has 0 saturated carbocycles. The highest BCUT2D eigenvalue weighted by Gasteiger charge is 2.36. The molecular weight excluding hydrogens is 255 g/mol. The van der Waals surface area contributed by atoms with E-state index in [2.05, 4.69) is 0 Å². The Hall–Kier alpha value is -0.640. The molecule has 0 bridgehead atoms. The van der Waals surface area contributed by atoms with Gasteiger partial charge in [-0.05, 0) is 43.9 Å². The monoisotopic (exact) mass is 272 g/mol. The maximum absolute atomic E-state index is 13.7. The molecule has 1 aliphatic heterocycles. The van der Waals surface area contributed by atoms with Gasteiger partial charge < -0.3 is 9.84 Å². The molecule has 0 aliphatic carbocycles.